The topological polar surface area (TPSA) is 15.7 Å². The molecule has 4 rings (SSSR count). The van der Waals surface area contributed by atoms with E-state index in [-0.39, 0.29) is 23.5 Å². The monoisotopic (exact) mass is 436 g/mol. The van der Waals surface area contributed by atoms with Crippen LogP contribution in [0, 0.1) is 25.5 Å². The van der Waals surface area contributed by atoms with Crippen LogP contribution in [0.2, 0.25) is 0 Å². The molecular weight excluding hydrogens is 406 g/mol. The third kappa shape index (κ3) is 5.46. The highest BCUT2D eigenvalue weighted by Crippen LogP contribution is 2.29. The van der Waals surface area contributed by atoms with Crippen molar-refractivity contribution in [2.24, 2.45) is 0 Å². The van der Waals surface area contributed by atoms with E-state index in [1.165, 1.54) is 29.4 Å². The lowest BCUT2D eigenvalue weighted by Gasteiger charge is -2.37. The van der Waals surface area contributed by atoms with Gasteiger partial charge in [-0.25, -0.2) is 8.78 Å². The van der Waals surface area contributed by atoms with E-state index >= 15 is 0 Å². The van der Waals surface area contributed by atoms with E-state index in [4.69, 9.17) is 4.74 Å². The smallest absolute Gasteiger partial charge is 0.165 e. The molecule has 1 unspecified atom stereocenters. The van der Waals surface area contributed by atoms with Crippen molar-refractivity contribution in [1.82, 2.24) is 4.90 Å². The molecular formula is C27H30F2N2O. The highest BCUT2D eigenvalue weighted by atomic mass is 19.1. The molecule has 1 aliphatic rings. The number of piperazine rings is 1. The van der Waals surface area contributed by atoms with Crippen molar-refractivity contribution in [3.8, 4) is 5.75 Å². The van der Waals surface area contributed by atoms with Crippen LogP contribution in [-0.2, 0) is 0 Å². The molecule has 3 aromatic carbocycles. The Balaban J connectivity index is 1.41. The average molecular weight is 437 g/mol. The van der Waals surface area contributed by atoms with E-state index in [0.717, 1.165) is 43.9 Å². The number of rotatable bonds is 7. The molecule has 0 spiro atoms. The molecule has 3 nitrogen and oxygen atoms in total. The van der Waals surface area contributed by atoms with Gasteiger partial charge in [-0.3, -0.25) is 4.90 Å². The van der Waals surface area contributed by atoms with Crippen molar-refractivity contribution in [3.63, 3.8) is 0 Å². The summed E-state index contributed by atoms with van der Waals surface area (Å²) in [5, 5.41) is 0. The van der Waals surface area contributed by atoms with Crippen LogP contribution >= 0.6 is 0 Å². The first kappa shape index (κ1) is 22.3. The Morgan fingerprint density at radius 2 is 1.59 bits per heavy atom. The highest BCUT2D eigenvalue weighted by molar-refractivity contribution is 5.53. The third-order valence-electron chi connectivity index (χ3n) is 6.13. The summed E-state index contributed by atoms with van der Waals surface area (Å²) in [6, 6.07) is 19.7. The summed E-state index contributed by atoms with van der Waals surface area (Å²) in [5.74, 6) is -0.431. The maximum atomic E-state index is 14.3. The Labute approximate surface area is 189 Å². The van der Waals surface area contributed by atoms with E-state index in [9.17, 15) is 8.78 Å². The van der Waals surface area contributed by atoms with Crippen molar-refractivity contribution in [1.29, 1.82) is 0 Å². The summed E-state index contributed by atoms with van der Waals surface area (Å²) >= 11 is 0. The molecule has 1 fully saturated rings. The number of anilines is 1. The van der Waals surface area contributed by atoms with E-state index in [0.29, 0.717) is 6.42 Å². The number of aryl methyl sites for hydroxylation is 2. The third-order valence-corrected chi connectivity index (χ3v) is 6.13. The predicted octanol–water partition coefficient (Wildman–Crippen LogP) is 5.91. The van der Waals surface area contributed by atoms with Crippen LogP contribution in [-0.4, -0.2) is 37.6 Å². The van der Waals surface area contributed by atoms with Gasteiger partial charge in [0, 0.05) is 44.8 Å². The summed E-state index contributed by atoms with van der Waals surface area (Å²) in [6.07, 6.45) is 0.352. The Kier molecular flexibility index (Phi) is 7.05. The maximum absolute atomic E-state index is 14.3. The minimum Gasteiger partial charge on any atom is -0.483 e. The van der Waals surface area contributed by atoms with Crippen molar-refractivity contribution in [3.05, 3.63) is 95.1 Å². The molecule has 32 heavy (non-hydrogen) atoms. The van der Waals surface area contributed by atoms with Crippen molar-refractivity contribution in [2.75, 3.05) is 37.6 Å². The molecule has 1 saturated heterocycles. The molecule has 0 saturated carbocycles. The van der Waals surface area contributed by atoms with Crippen molar-refractivity contribution in [2.45, 2.75) is 26.4 Å². The zero-order chi connectivity index (χ0) is 22.5. The van der Waals surface area contributed by atoms with E-state index in [2.05, 4.69) is 41.0 Å². The molecule has 0 radical (unpaired) electrons. The Hall–Kier alpha value is -2.92. The standard InChI is InChI=1S/C27H30F2N2O/c1-20-7-12-24(29)27(19-20)32-26(22-8-10-23(28)11-9-22)13-14-30-15-17-31(18-16-30)25-6-4-3-5-21(25)2/h3-12,19,26H,13-18H2,1-2H3. The molecule has 0 N–H and O–H groups in total. The SMILES string of the molecule is Cc1ccc(F)c(OC(CCN2CCN(c3ccccc3C)CC2)c2ccc(F)cc2)c1. The van der Waals surface area contributed by atoms with Gasteiger partial charge in [0.1, 0.15) is 11.9 Å². The van der Waals surface area contributed by atoms with Gasteiger partial charge >= 0.3 is 0 Å². The molecule has 0 aliphatic carbocycles. The van der Waals surface area contributed by atoms with Crippen molar-refractivity contribution < 1.29 is 13.5 Å². The average Bonchev–Trinajstić information content (AvgIpc) is 2.80. The highest BCUT2D eigenvalue weighted by Gasteiger charge is 2.21. The number of ether oxygens (including phenoxy) is 1. The van der Waals surface area contributed by atoms with Crippen LogP contribution in [0.25, 0.3) is 0 Å². The lowest BCUT2D eigenvalue weighted by Crippen LogP contribution is -2.47. The van der Waals surface area contributed by atoms with Gasteiger partial charge in [0.25, 0.3) is 0 Å². The van der Waals surface area contributed by atoms with Crippen LogP contribution in [0.5, 0.6) is 5.75 Å². The second-order valence-corrected chi connectivity index (χ2v) is 8.50. The first-order valence-corrected chi connectivity index (χ1v) is 11.2. The normalized spacial score (nSPS) is 15.6. The van der Waals surface area contributed by atoms with Crippen LogP contribution in [0.3, 0.4) is 0 Å². The first-order valence-electron chi connectivity index (χ1n) is 11.2. The summed E-state index contributed by atoms with van der Waals surface area (Å²) in [7, 11) is 0. The van der Waals surface area contributed by atoms with Gasteiger partial charge in [-0.2, -0.15) is 0 Å². The molecule has 3 aromatic rings. The van der Waals surface area contributed by atoms with E-state index in [1.54, 1.807) is 24.3 Å². The molecule has 1 aliphatic heterocycles. The minimum atomic E-state index is -0.380. The van der Waals surface area contributed by atoms with Gasteiger partial charge < -0.3 is 9.64 Å². The number of hydrogen-bond donors (Lipinski definition) is 0. The Morgan fingerprint density at radius 3 is 2.31 bits per heavy atom. The van der Waals surface area contributed by atoms with Crippen LogP contribution < -0.4 is 9.64 Å². The second-order valence-electron chi connectivity index (χ2n) is 8.50. The number of halogens is 2. The maximum Gasteiger partial charge on any atom is 0.165 e. The number of nitrogens with zero attached hydrogens (tertiary/aromatic N) is 2. The van der Waals surface area contributed by atoms with Crippen molar-refractivity contribution >= 4 is 5.69 Å². The molecule has 0 aromatic heterocycles. The van der Waals surface area contributed by atoms with Gasteiger partial charge in [-0.15, -0.1) is 0 Å². The fraction of sp³-hybridized carbons (Fsp3) is 0.333. The lowest BCUT2D eigenvalue weighted by molar-refractivity contribution is 0.154. The number of para-hydroxylation sites is 1. The van der Waals surface area contributed by atoms with Gasteiger partial charge in [0.05, 0.1) is 0 Å². The van der Waals surface area contributed by atoms with E-state index in [1.807, 2.05) is 6.92 Å². The van der Waals surface area contributed by atoms with Crippen LogP contribution in [0.15, 0.2) is 66.7 Å². The first-order chi connectivity index (χ1) is 15.5. The second kappa shape index (κ2) is 10.1. The molecule has 1 atom stereocenters. The largest absolute Gasteiger partial charge is 0.483 e. The zero-order valence-corrected chi connectivity index (χ0v) is 18.7. The summed E-state index contributed by atoms with van der Waals surface area (Å²) in [5.41, 5.74) is 4.39. The summed E-state index contributed by atoms with van der Waals surface area (Å²) in [4.78, 5) is 4.85. The predicted molar refractivity (Wildman–Crippen MR) is 125 cm³/mol. The lowest BCUT2D eigenvalue weighted by atomic mass is 10.1. The molecule has 1 heterocycles. The van der Waals surface area contributed by atoms with Crippen LogP contribution in [0.1, 0.15) is 29.2 Å². The van der Waals surface area contributed by atoms with Gasteiger partial charge in [-0.1, -0.05) is 36.4 Å². The molecule has 168 valence electrons. The van der Waals surface area contributed by atoms with Gasteiger partial charge in [0.15, 0.2) is 11.6 Å². The fourth-order valence-corrected chi connectivity index (χ4v) is 4.26. The fourth-order valence-electron chi connectivity index (χ4n) is 4.26. The van der Waals surface area contributed by atoms with Gasteiger partial charge in [-0.05, 0) is 60.9 Å². The minimum absolute atomic E-state index is 0.240. The van der Waals surface area contributed by atoms with Gasteiger partial charge in [0.2, 0.25) is 0 Å². The quantitative estimate of drug-likeness (QED) is 0.458. The molecule has 0 bridgehead atoms. The Bertz CT molecular complexity index is 1030. The molecule has 0 amide bonds. The summed E-state index contributed by atoms with van der Waals surface area (Å²) in [6.45, 7) is 8.76. The van der Waals surface area contributed by atoms with Crippen LogP contribution in [0.4, 0.5) is 14.5 Å². The number of hydrogen-bond acceptors (Lipinski definition) is 3. The molecule has 5 heteroatoms. The Morgan fingerprint density at radius 1 is 0.875 bits per heavy atom. The number of benzene rings is 3. The zero-order valence-electron chi connectivity index (χ0n) is 18.7. The van der Waals surface area contributed by atoms with E-state index < -0.39 is 0 Å². The summed E-state index contributed by atoms with van der Waals surface area (Å²) < 4.78 is 33.9.